The van der Waals surface area contributed by atoms with Crippen molar-refractivity contribution in [3.63, 3.8) is 0 Å². The molecule has 0 aliphatic rings. The van der Waals surface area contributed by atoms with Crippen molar-refractivity contribution in [2.75, 3.05) is 19.8 Å². The first-order valence-electron chi connectivity index (χ1n) is 5.82. The van der Waals surface area contributed by atoms with Gasteiger partial charge in [0.25, 0.3) is 0 Å². The molecule has 0 saturated heterocycles. The van der Waals surface area contributed by atoms with Crippen LogP contribution in [0.1, 0.15) is 26.0 Å². The van der Waals surface area contributed by atoms with Crippen LogP contribution >= 0.6 is 0 Å². The Labute approximate surface area is 97.5 Å². The Balaban J connectivity index is 1.93. The third kappa shape index (κ3) is 6.48. The van der Waals surface area contributed by atoms with Gasteiger partial charge in [-0.3, -0.25) is 0 Å². The van der Waals surface area contributed by atoms with E-state index in [-0.39, 0.29) is 0 Å². The summed E-state index contributed by atoms with van der Waals surface area (Å²) >= 11 is 0. The maximum Gasteiger partial charge on any atom is 0.115 e. The summed E-state index contributed by atoms with van der Waals surface area (Å²) in [6, 6.07) is 1.92. The van der Waals surface area contributed by atoms with Crippen molar-refractivity contribution >= 4 is 0 Å². The molecule has 0 fully saturated rings. The molecule has 4 heteroatoms. The Morgan fingerprint density at radius 3 is 3.00 bits per heavy atom. The zero-order chi connectivity index (χ0) is 11.6. The number of hydrogen-bond donors (Lipinski definition) is 1. The Hall–Kier alpha value is -1.00. The van der Waals surface area contributed by atoms with Gasteiger partial charge in [-0.25, -0.2) is 9.97 Å². The zero-order valence-electron chi connectivity index (χ0n) is 10.1. The predicted molar refractivity (Wildman–Crippen MR) is 64.0 cm³/mol. The Kier molecular flexibility index (Phi) is 6.69. The molecular weight excluding hydrogens is 202 g/mol. The molecule has 1 heterocycles. The summed E-state index contributed by atoms with van der Waals surface area (Å²) in [5, 5.41) is 3.32. The second-order valence-corrected chi connectivity index (χ2v) is 4.20. The van der Waals surface area contributed by atoms with Crippen molar-refractivity contribution < 1.29 is 4.74 Å². The Bertz CT molecular complexity index is 264. The largest absolute Gasteiger partial charge is 0.381 e. The molecule has 4 nitrogen and oxygen atoms in total. The monoisotopic (exact) mass is 223 g/mol. The highest BCUT2D eigenvalue weighted by Gasteiger charge is 1.95. The zero-order valence-corrected chi connectivity index (χ0v) is 10.1. The molecule has 1 aromatic rings. The lowest BCUT2D eigenvalue weighted by atomic mass is 10.2. The highest BCUT2D eigenvalue weighted by Crippen LogP contribution is 1.93. The SMILES string of the molecule is CC(C)COCCCNCc1ccncn1. The normalized spacial score (nSPS) is 10.9. The minimum absolute atomic E-state index is 0.619. The summed E-state index contributed by atoms with van der Waals surface area (Å²) in [6.45, 7) is 7.76. The van der Waals surface area contributed by atoms with Crippen molar-refractivity contribution in [3.8, 4) is 0 Å². The first kappa shape index (κ1) is 13.1. The highest BCUT2D eigenvalue weighted by molar-refractivity contribution is 4.96. The van der Waals surface area contributed by atoms with Gasteiger partial charge in [-0.15, -0.1) is 0 Å². The number of nitrogens with one attached hydrogen (secondary N) is 1. The van der Waals surface area contributed by atoms with E-state index in [1.165, 1.54) is 0 Å². The molecule has 90 valence electrons. The number of hydrogen-bond acceptors (Lipinski definition) is 4. The molecular formula is C12H21N3O. The third-order valence-electron chi connectivity index (χ3n) is 2.04. The minimum Gasteiger partial charge on any atom is -0.381 e. The second kappa shape index (κ2) is 8.19. The number of ether oxygens (including phenoxy) is 1. The van der Waals surface area contributed by atoms with Crippen molar-refractivity contribution in [2.45, 2.75) is 26.8 Å². The Morgan fingerprint density at radius 1 is 1.44 bits per heavy atom. The summed E-state index contributed by atoms with van der Waals surface area (Å²) in [4.78, 5) is 8.00. The van der Waals surface area contributed by atoms with Crippen LogP contribution < -0.4 is 5.32 Å². The van der Waals surface area contributed by atoms with E-state index in [1.54, 1.807) is 12.5 Å². The van der Waals surface area contributed by atoms with E-state index in [9.17, 15) is 0 Å². The van der Waals surface area contributed by atoms with E-state index in [0.717, 1.165) is 38.4 Å². The van der Waals surface area contributed by atoms with Gasteiger partial charge in [-0.2, -0.15) is 0 Å². The standard InChI is InChI=1S/C12H21N3O/c1-11(2)9-16-7-3-5-13-8-12-4-6-14-10-15-12/h4,6,10-11,13H,3,5,7-9H2,1-2H3. The molecule has 0 saturated carbocycles. The molecule has 1 N–H and O–H groups in total. The summed E-state index contributed by atoms with van der Waals surface area (Å²) < 4.78 is 5.48. The molecule has 1 rings (SSSR count). The van der Waals surface area contributed by atoms with Crippen molar-refractivity contribution in [2.24, 2.45) is 5.92 Å². The number of rotatable bonds is 8. The lowest BCUT2D eigenvalue weighted by Crippen LogP contribution is -2.17. The van der Waals surface area contributed by atoms with Gasteiger partial charge in [0.05, 0.1) is 5.69 Å². The van der Waals surface area contributed by atoms with Crippen LogP contribution in [0.25, 0.3) is 0 Å². The molecule has 0 spiro atoms. The topological polar surface area (TPSA) is 47.0 Å². The first-order valence-corrected chi connectivity index (χ1v) is 5.82. The molecule has 0 aliphatic heterocycles. The van der Waals surface area contributed by atoms with Gasteiger partial charge in [-0.05, 0) is 24.9 Å². The lowest BCUT2D eigenvalue weighted by Gasteiger charge is -2.07. The molecule has 16 heavy (non-hydrogen) atoms. The van der Waals surface area contributed by atoms with E-state index in [4.69, 9.17) is 4.74 Å². The van der Waals surface area contributed by atoms with Gasteiger partial charge in [0.2, 0.25) is 0 Å². The lowest BCUT2D eigenvalue weighted by molar-refractivity contribution is 0.108. The molecule has 0 bridgehead atoms. The van der Waals surface area contributed by atoms with Crippen molar-refractivity contribution in [1.82, 2.24) is 15.3 Å². The fourth-order valence-corrected chi connectivity index (χ4v) is 1.26. The third-order valence-corrected chi connectivity index (χ3v) is 2.04. The van der Waals surface area contributed by atoms with Gasteiger partial charge in [0.1, 0.15) is 6.33 Å². The van der Waals surface area contributed by atoms with E-state index in [0.29, 0.717) is 5.92 Å². The molecule has 0 unspecified atom stereocenters. The molecule has 0 amide bonds. The predicted octanol–water partition coefficient (Wildman–Crippen LogP) is 1.63. The molecule has 0 atom stereocenters. The summed E-state index contributed by atoms with van der Waals surface area (Å²) in [5.41, 5.74) is 1.03. The van der Waals surface area contributed by atoms with Crippen LogP contribution in [-0.4, -0.2) is 29.7 Å². The summed E-state index contributed by atoms with van der Waals surface area (Å²) in [6.07, 6.45) is 4.37. The summed E-state index contributed by atoms with van der Waals surface area (Å²) in [5.74, 6) is 0.619. The van der Waals surface area contributed by atoms with Crippen molar-refractivity contribution in [1.29, 1.82) is 0 Å². The molecule has 0 radical (unpaired) electrons. The quantitative estimate of drug-likeness (QED) is 0.680. The van der Waals surface area contributed by atoms with Crippen LogP contribution in [0.3, 0.4) is 0 Å². The minimum atomic E-state index is 0.619. The maximum atomic E-state index is 5.48. The molecule has 1 aromatic heterocycles. The molecule has 0 aromatic carbocycles. The van der Waals surface area contributed by atoms with Crippen LogP contribution in [0.4, 0.5) is 0 Å². The van der Waals surface area contributed by atoms with E-state index in [1.807, 2.05) is 6.07 Å². The fourth-order valence-electron chi connectivity index (χ4n) is 1.26. The average molecular weight is 223 g/mol. The molecule has 0 aliphatic carbocycles. The Morgan fingerprint density at radius 2 is 2.31 bits per heavy atom. The van der Waals surface area contributed by atoms with Crippen LogP contribution in [0.15, 0.2) is 18.6 Å². The average Bonchev–Trinajstić information content (AvgIpc) is 2.29. The van der Waals surface area contributed by atoms with E-state index in [2.05, 4.69) is 29.1 Å². The van der Waals surface area contributed by atoms with Crippen molar-refractivity contribution in [3.05, 3.63) is 24.3 Å². The maximum absolute atomic E-state index is 5.48. The smallest absolute Gasteiger partial charge is 0.115 e. The summed E-state index contributed by atoms with van der Waals surface area (Å²) in [7, 11) is 0. The van der Waals surface area contributed by atoms with Crippen LogP contribution in [0.2, 0.25) is 0 Å². The van der Waals surface area contributed by atoms with Gasteiger partial charge in [0, 0.05) is 26.0 Å². The fraction of sp³-hybridized carbons (Fsp3) is 0.667. The van der Waals surface area contributed by atoms with E-state index < -0.39 is 0 Å². The first-order chi connectivity index (χ1) is 7.79. The number of nitrogens with zero attached hydrogens (tertiary/aromatic N) is 2. The number of aromatic nitrogens is 2. The van der Waals surface area contributed by atoms with Gasteiger partial charge < -0.3 is 10.1 Å². The van der Waals surface area contributed by atoms with Gasteiger partial charge >= 0.3 is 0 Å². The second-order valence-electron chi connectivity index (χ2n) is 4.20. The van der Waals surface area contributed by atoms with Gasteiger partial charge in [-0.1, -0.05) is 13.8 Å². The van der Waals surface area contributed by atoms with E-state index >= 15 is 0 Å². The van der Waals surface area contributed by atoms with Crippen LogP contribution in [0.5, 0.6) is 0 Å². The van der Waals surface area contributed by atoms with Crippen LogP contribution in [-0.2, 0) is 11.3 Å². The van der Waals surface area contributed by atoms with Gasteiger partial charge in [0.15, 0.2) is 0 Å². The highest BCUT2D eigenvalue weighted by atomic mass is 16.5. The van der Waals surface area contributed by atoms with Crippen LogP contribution in [0, 0.1) is 5.92 Å².